The second-order valence-electron chi connectivity index (χ2n) is 8.38. The number of morpholine rings is 1. The SMILES string of the molecule is CNC(=O)CN(Cc1ccc(Cl)cc1)C(=O)c1c[nH]c2c(F)cc(CN3CCOCC3)cc2c1=O. The Labute approximate surface area is 206 Å². The molecule has 0 spiro atoms. The van der Waals surface area contributed by atoms with Crippen LogP contribution in [-0.4, -0.2) is 66.5 Å². The number of carbonyl (C=O) groups excluding carboxylic acids is 2. The van der Waals surface area contributed by atoms with Crippen LogP contribution in [0.25, 0.3) is 10.9 Å². The van der Waals surface area contributed by atoms with Crippen LogP contribution in [-0.2, 0) is 22.6 Å². The number of pyridine rings is 1. The number of H-pyrrole nitrogens is 1. The summed E-state index contributed by atoms with van der Waals surface area (Å²) < 4.78 is 20.2. The summed E-state index contributed by atoms with van der Waals surface area (Å²) in [6.07, 6.45) is 1.20. The standard InChI is InChI=1S/C25H26ClFN4O4/c1-28-22(32)15-31(14-16-2-4-18(26)5-3-16)25(34)20-12-29-23-19(24(20)33)10-17(11-21(23)27)13-30-6-8-35-9-7-30/h2-5,10-12H,6-9,13-15H2,1H3,(H,28,32)(H,29,33). The fraction of sp³-hybridized carbons (Fsp3) is 0.320. The Morgan fingerprint density at radius 2 is 1.89 bits per heavy atom. The number of hydrogen-bond acceptors (Lipinski definition) is 5. The molecule has 2 amide bonds. The van der Waals surface area contributed by atoms with Crippen molar-refractivity contribution in [3.63, 3.8) is 0 Å². The van der Waals surface area contributed by atoms with Crippen molar-refractivity contribution in [1.82, 2.24) is 20.1 Å². The Morgan fingerprint density at radius 3 is 2.57 bits per heavy atom. The summed E-state index contributed by atoms with van der Waals surface area (Å²) in [7, 11) is 1.47. The second kappa shape index (κ2) is 11.0. The highest BCUT2D eigenvalue weighted by Crippen LogP contribution is 2.19. The molecular formula is C25H26ClFN4O4. The molecule has 8 nitrogen and oxygen atoms in total. The highest BCUT2D eigenvalue weighted by Gasteiger charge is 2.23. The molecule has 2 aromatic carbocycles. The molecule has 1 aromatic heterocycles. The predicted molar refractivity (Wildman–Crippen MR) is 131 cm³/mol. The van der Waals surface area contributed by atoms with Crippen molar-refractivity contribution in [2.24, 2.45) is 0 Å². The lowest BCUT2D eigenvalue weighted by molar-refractivity contribution is -0.121. The summed E-state index contributed by atoms with van der Waals surface area (Å²) in [4.78, 5) is 45.0. The molecular weight excluding hydrogens is 475 g/mol. The summed E-state index contributed by atoms with van der Waals surface area (Å²) in [5.41, 5.74) is 0.647. The molecule has 1 saturated heterocycles. The number of nitrogens with zero attached hydrogens (tertiary/aromatic N) is 2. The fourth-order valence-corrected chi connectivity index (χ4v) is 4.17. The molecule has 0 bridgehead atoms. The molecule has 0 atom stereocenters. The number of fused-ring (bicyclic) bond motifs is 1. The molecule has 0 aliphatic carbocycles. The van der Waals surface area contributed by atoms with E-state index in [4.69, 9.17) is 16.3 Å². The summed E-state index contributed by atoms with van der Waals surface area (Å²) in [6, 6.07) is 9.86. The first kappa shape index (κ1) is 24.8. The van der Waals surface area contributed by atoms with Gasteiger partial charge in [0.05, 0.1) is 18.7 Å². The third kappa shape index (κ3) is 5.87. The molecule has 2 N–H and O–H groups in total. The van der Waals surface area contributed by atoms with Gasteiger partial charge in [-0.25, -0.2) is 4.39 Å². The maximum atomic E-state index is 14.8. The van der Waals surface area contributed by atoms with Gasteiger partial charge in [0.2, 0.25) is 11.3 Å². The Bertz CT molecular complexity index is 1290. The minimum atomic E-state index is -0.634. The number of halogens is 2. The van der Waals surface area contributed by atoms with Crippen LogP contribution in [0.3, 0.4) is 0 Å². The molecule has 1 aliphatic rings. The van der Waals surface area contributed by atoms with E-state index in [1.807, 2.05) is 0 Å². The average Bonchev–Trinajstić information content (AvgIpc) is 2.86. The molecule has 10 heteroatoms. The van der Waals surface area contributed by atoms with Crippen LogP contribution >= 0.6 is 11.6 Å². The topological polar surface area (TPSA) is 94.7 Å². The third-order valence-corrected chi connectivity index (χ3v) is 6.18. The zero-order valence-electron chi connectivity index (χ0n) is 19.3. The van der Waals surface area contributed by atoms with Gasteiger partial charge < -0.3 is 19.9 Å². The van der Waals surface area contributed by atoms with Gasteiger partial charge >= 0.3 is 0 Å². The number of amides is 2. The van der Waals surface area contributed by atoms with Gasteiger partial charge in [-0.2, -0.15) is 0 Å². The van der Waals surface area contributed by atoms with Gasteiger partial charge in [-0.05, 0) is 35.4 Å². The van der Waals surface area contributed by atoms with Gasteiger partial charge in [-0.1, -0.05) is 23.7 Å². The number of ether oxygens (including phenoxy) is 1. The number of nitrogens with one attached hydrogen (secondary N) is 2. The Hall–Kier alpha value is -3.27. The number of rotatable bonds is 7. The molecule has 2 heterocycles. The van der Waals surface area contributed by atoms with E-state index in [-0.39, 0.29) is 35.5 Å². The number of aromatic nitrogens is 1. The number of benzene rings is 2. The molecule has 0 radical (unpaired) electrons. The van der Waals surface area contributed by atoms with Crippen molar-refractivity contribution in [3.8, 4) is 0 Å². The summed E-state index contributed by atoms with van der Waals surface area (Å²) in [6.45, 7) is 2.94. The molecule has 0 saturated carbocycles. The van der Waals surface area contributed by atoms with Gasteiger partial charge in [0, 0.05) is 49.8 Å². The average molecular weight is 501 g/mol. The van der Waals surface area contributed by atoms with Crippen LogP contribution in [0.15, 0.2) is 47.4 Å². The highest BCUT2D eigenvalue weighted by atomic mass is 35.5. The first-order chi connectivity index (χ1) is 16.9. The van der Waals surface area contributed by atoms with Gasteiger partial charge in [0.25, 0.3) is 5.91 Å². The number of carbonyl (C=O) groups is 2. The first-order valence-electron chi connectivity index (χ1n) is 11.2. The highest BCUT2D eigenvalue weighted by molar-refractivity contribution is 6.30. The Kier molecular flexibility index (Phi) is 7.80. The number of aromatic amines is 1. The van der Waals surface area contributed by atoms with Crippen molar-refractivity contribution in [1.29, 1.82) is 0 Å². The van der Waals surface area contributed by atoms with Crippen LogP contribution in [0.4, 0.5) is 4.39 Å². The summed E-state index contributed by atoms with van der Waals surface area (Å²) in [5.74, 6) is -1.58. The van der Waals surface area contributed by atoms with E-state index >= 15 is 0 Å². The third-order valence-electron chi connectivity index (χ3n) is 5.93. The van der Waals surface area contributed by atoms with Crippen molar-refractivity contribution >= 4 is 34.3 Å². The van der Waals surface area contributed by atoms with E-state index < -0.39 is 17.2 Å². The predicted octanol–water partition coefficient (Wildman–Crippen LogP) is 2.54. The van der Waals surface area contributed by atoms with E-state index in [1.54, 1.807) is 30.3 Å². The van der Waals surface area contributed by atoms with Crippen molar-refractivity contribution in [2.45, 2.75) is 13.1 Å². The normalized spacial score (nSPS) is 14.1. The van der Waals surface area contributed by atoms with E-state index in [1.165, 1.54) is 24.2 Å². The minimum absolute atomic E-state index is 0.0350. The largest absolute Gasteiger partial charge is 0.379 e. The zero-order chi connectivity index (χ0) is 24.9. The van der Waals surface area contributed by atoms with Gasteiger partial charge in [-0.15, -0.1) is 0 Å². The van der Waals surface area contributed by atoms with Crippen LogP contribution < -0.4 is 10.7 Å². The monoisotopic (exact) mass is 500 g/mol. The van der Waals surface area contributed by atoms with E-state index in [0.29, 0.717) is 43.4 Å². The molecule has 35 heavy (non-hydrogen) atoms. The Balaban J connectivity index is 1.67. The van der Waals surface area contributed by atoms with Crippen LogP contribution in [0.1, 0.15) is 21.5 Å². The van der Waals surface area contributed by atoms with Crippen LogP contribution in [0, 0.1) is 5.82 Å². The van der Waals surface area contributed by atoms with Crippen molar-refractivity contribution < 1.29 is 18.7 Å². The minimum Gasteiger partial charge on any atom is -0.379 e. The Morgan fingerprint density at radius 1 is 1.17 bits per heavy atom. The molecule has 1 fully saturated rings. The fourth-order valence-electron chi connectivity index (χ4n) is 4.04. The lowest BCUT2D eigenvalue weighted by atomic mass is 10.1. The maximum absolute atomic E-state index is 14.8. The lowest BCUT2D eigenvalue weighted by Crippen LogP contribution is -2.41. The second-order valence-corrected chi connectivity index (χ2v) is 8.82. The first-order valence-corrected chi connectivity index (χ1v) is 11.6. The lowest BCUT2D eigenvalue weighted by Gasteiger charge is -2.26. The number of hydrogen-bond donors (Lipinski definition) is 2. The quantitative estimate of drug-likeness (QED) is 0.520. The molecule has 184 valence electrons. The summed E-state index contributed by atoms with van der Waals surface area (Å²) in [5, 5.41) is 3.12. The maximum Gasteiger partial charge on any atom is 0.260 e. The van der Waals surface area contributed by atoms with Crippen molar-refractivity contribution in [3.05, 3.63) is 80.3 Å². The van der Waals surface area contributed by atoms with Crippen LogP contribution in [0.2, 0.25) is 5.02 Å². The molecule has 4 rings (SSSR count). The van der Waals surface area contributed by atoms with Gasteiger partial charge in [0.1, 0.15) is 17.9 Å². The van der Waals surface area contributed by atoms with E-state index in [2.05, 4.69) is 15.2 Å². The summed E-state index contributed by atoms with van der Waals surface area (Å²) >= 11 is 5.95. The van der Waals surface area contributed by atoms with E-state index in [9.17, 15) is 18.8 Å². The number of likely N-dealkylation sites (N-methyl/N-ethyl adjacent to an activating group) is 1. The molecule has 0 unspecified atom stereocenters. The molecule has 1 aliphatic heterocycles. The molecule has 3 aromatic rings. The van der Waals surface area contributed by atoms with Gasteiger partial charge in [0.15, 0.2) is 0 Å². The smallest absolute Gasteiger partial charge is 0.260 e. The zero-order valence-corrected chi connectivity index (χ0v) is 20.0. The van der Waals surface area contributed by atoms with E-state index in [0.717, 1.165) is 5.56 Å². The van der Waals surface area contributed by atoms with Crippen LogP contribution in [0.5, 0.6) is 0 Å². The van der Waals surface area contributed by atoms with Gasteiger partial charge in [-0.3, -0.25) is 19.3 Å². The van der Waals surface area contributed by atoms with Crippen molar-refractivity contribution in [2.75, 3.05) is 39.9 Å².